The number of nitrogens with zero attached hydrogens (tertiary/aromatic N) is 3. The van der Waals surface area contributed by atoms with E-state index in [2.05, 4.69) is 15.5 Å². The summed E-state index contributed by atoms with van der Waals surface area (Å²) < 4.78 is 1.91. The molecule has 0 bridgehead atoms. The predicted molar refractivity (Wildman–Crippen MR) is 69.1 cm³/mol. The Kier molecular flexibility index (Phi) is 3.86. The third-order valence-corrected chi connectivity index (χ3v) is 2.50. The van der Waals surface area contributed by atoms with Gasteiger partial charge in [-0.3, -0.25) is 9.78 Å². The van der Waals surface area contributed by atoms with Crippen molar-refractivity contribution in [2.24, 2.45) is 12.1 Å². The minimum Gasteiger partial charge on any atom is -0.354 e. The number of rotatable bonds is 4. The second-order valence-electron chi connectivity index (χ2n) is 3.86. The monoisotopic (exact) mass is 242 g/mol. The molecule has 0 aliphatic carbocycles. The van der Waals surface area contributed by atoms with Crippen LogP contribution in [-0.2, 0) is 18.3 Å². The normalized spacial score (nSPS) is 10.7. The summed E-state index contributed by atoms with van der Waals surface area (Å²) in [4.78, 5) is 15.5. The molecule has 0 radical (unpaired) electrons. The number of carbonyl (C=O) groups is 1. The van der Waals surface area contributed by atoms with Gasteiger partial charge in [-0.1, -0.05) is 0 Å². The summed E-state index contributed by atoms with van der Waals surface area (Å²) in [7, 11) is 1.91. The van der Waals surface area contributed by atoms with Crippen LogP contribution in [0.4, 0.5) is 0 Å². The molecule has 0 aromatic carbocycles. The van der Waals surface area contributed by atoms with Gasteiger partial charge in [0.05, 0.1) is 12.6 Å². The van der Waals surface area contributed by atoms with Crippen LogP contribution >= 0.6 is 0 Å². The molecule has 0 fully saturated rings. The van der Waals surface area contributed by atoms with Crippen molar-refractivity contribution in [2.75, 3.05) is 0 Å². The van der Waals surface area contributed by atoms with Crippen LogP contribution in [0.25, 0.3) is 0 Å². The maximum absolute atomic E-state index is 11.6. The number of amides is 1. The van der Waals surface area contributed by atoms with Gasteiger partial charge >= 0.3 is 0 Å². The quantitative estimate of drug-likeness (QED) is 0.645. The van der Waals surface area contributed by atoms with Gasteiger partial charge in [0, 0.05) is 31.3 Å². The molecule has 1 N–H and O–H groups in total. The molecule has 2 heterocycles. The molecule has 0 spiro atoms. The average molecular weight is 242 g/mol. The van der Waals surface area contributed by atoms with Crippen molar-refractivity contribution in [2.45, 2.75) is 6.42 Å². The molecule has 0 aliphatic rings. The highest BCUT2D eigenvalue weighted by molar-refractivity contribution is 5.82. The minimum absolute atomic E-state index is 0.137. The van der Waals surface area contributed by atoms with Gasteiger partial charge in [0.25, 0.3) is 0 Å². The third-order valence-electron chi connectivity index (χ3n) is 2.50. The van der Waals surface area contributed by atoms with Crippen molar-refractivity contribution in [1.82, 2.24) is 15.0 Å². The number of carbonyl (C=O) groups excluding carboxylic acids is 1. The third kappa shape index (κ3) is 3.28. The fourth-order valence-electron chi connectivity index (χ4n) is 1.51. The highest BCUT2D eigenvalue weighted by atomic mass is 16.2. The van der Waals surface area contributed by atoms with E-state index in [4.69, 9.17) is 0 Å². The summed E-state index contributed by atoms with van der Waals surface area (Å²) in [5.41, 5.74) is 4.34. The Balaban J connectivity index is 1.86. The maximum Gasteiger partial charge on any atom is 0.245 e. The molecular weight excluding hydrogens is 228 g/mol. The summed E-state index contributed by atoms with van der Waals surface area (Å²) in [6.45, 7) is 0. The zero-order valence-electron chi connectivity index (χ0n) is 10.1. The van der Waals surface area contributed by atoms with Gasteiger partial charge < -0.3 is 4.57 Å². The first-order chi connectivity index (χ1) is 8.75. The molecule has 1 amide bonds. The Hall–Kier alpha value is -2.43. The Morgan fingerprint density at radius 2 is 2.22 bits per heavy atom. The lowest BCUT2D eigenvalue weighted by molar-refractivity contribution is -0.120. The van der Waals surface area contributed by atoms with E-state index in [0.717, 1.165) is 11.3 Å². The first-order valence-electron chi connectivity index (χ1n) is 5.58. The molecule has 0 saturated carbocycles. The van der Waals surface area contributed by atoms with Crippen LogP contribution in [0.1, 0.15) is 11.3 Å². The first-order valence-corrected chi connectivity index (χ1v) is 5.58. The van der Waals surface area contributed by atoms with E-state index in [9.17, 15) is 4.79 Å². The number of pyridine rings is 1. The van der Waals surface area contributed by atoms with Gasteiger partial charge in [0.2, 0.25) is 5.91 Å². The molecular formula is C13H14N4O. The van der Waals surface area contributed by atoms with Crippen LogP contribution in [0, 0.1) is 0 Å². The Labute approximate surface area is 105 Å². The highest BCUT2D eigenvalue weighted by Crippen LogP contribution is 2.00. The molecule has 0 saturated heterocycles. The summed E-state index contributed by atoms with van der Waals surface area (Å²) in [5.74, 6) is -0.137. The maximum atomic E-state index is 11.6. The number of hydrogen-bond donors (Lipinski definition) is 1. The second kappa shape index (κ2) is 5.77. The molecule has 5 nitrogen and oxygen atoms in total. The predicted octanol–water partition coefficient (Wildman–Crippen LogP) is 1.11. The molecule has 18 heavy (non-hydrogen) atoms. The average Bonchev–Trinajstić information content (AvgIpc) is 2.76. The van der Waals surface area contributed by atoms with E-state index in [0.29, 0.717) is 6.42 Å². The molecule has 2 aromatic heterocycles. The smallest absolute Gasteiger partial charge is 0.245 e. The number of hydrogen-bond acceptors (Lipinski definition) is 3. The summed E-state index contributed by atoms with van der Waals surface area (Å²) in [5, 5.41) is 3.89. The van der Waals surface area contributed by atoms with E-state index in [1.54, 1.807) is 18.6 Å². The Bertz CT molecular complexity index is 545. The lowest BCUT2D eigenvalue weighted by Gasteiger charge is -2.01. The molecule has 0 unspecified atom stereocenters. The van der Waals surface area contributed by atoms with Crippen LogP contribution in [0.3, 0.4) is 0 Å². The Morgan fingerprint density at radius 1 is 1.44 bits per heavy atom. The zero-order valence-corrected chi connectivity index (χ0v) is 10.1. The molecule has 2 aromatic rings. The van der Waals surface area contributed by atoms with Crippen molar-refractivity contribution in [3.8, 4) is 0 Å². The van der Waals surface area contributed by atoms with Crippen LogP contribution in [0.15, 0.2) is 48.0 Å². The minimum atomic E-state index is -0.137. The topological polar surface area (TPSA) is 59.3 Å². The number of aryl methyl sites for hydroxylation is 1. The zero-order chi connectivity index (χ0) is 12.8. The van der Waals surface area contributed by atoms with Crippen LogP contribution < -0.4 is 5.43 Å². The fraction of sp³-hybridized carbons (Fsp3) is 0.154. The van der Waals surface area contributed by atoms with E-state index < -0.39 is 0 Å². The van der Waals surface area contributed by atoms with E-state index >= 15 is 0 Å². The fourth-order valence-corrected chi connectivity index (χ4v) is 1.51. The highest BCUT2D eigenvalue weighted by Gasteiger charge is 2.03. The van der Waals surface area contributed by atoms with Crippen molar-refractivity contribution >= 4 is 12.1 Å². The van der Waals surface area contributed by atoms with E-state index in [1.165, 1.54) is 0 Å². The summed E-state index contributed by atoms with van der Waals surface area (Å²) in [6, 6.07) is 7.44. The van der Waals surface area contributed by atoms with Crippen molar-refractivity contribution < 1.29 is 4.79 Å². The summed E-state index contributed by atoms with van der Waals surface area (Å²) >= 11 is 0. The number of nitrogens with one attached hydrogen (secondary N) is 1. The van der Waals surface area contributed by atoms with Gasteiger partial charge in [-0.2, -0.15) is 5.10 Å². The second-order valence-corrected chi connectivity index (χ2v) is 3.86. The lowest BCUT2D eigenvalue weighted by Crippen LogP contribution is -2.20. The lowest BCUT2D eigenvalue weighted by atomic mass is 10.3. The molecule has 2 rings (SSSR count). The van der Waals surface area contributed by atoms with Gasteiger partial charge in [0.1, 0.15) is 0 Å². The largest absolute Gasteiger partial charge is 0.354 e. The Morgan fingerprint density at radius 3 is 2.89 bits per heavy atom. The van der Waals surface area contributed by atoms with Gasteiger partial charge in [0.15, 0.2) is 0 Å². The van der Waals surface area contributed by atoms with Gasteiger partial charge in [-0.15, -0.1) is 0 Å². The van der Waals surface area contributed by atoms with E-state index in [-0.39, 0.29) is 5.91 Å². The van der Waals surface area contributed by atoms with Crippen LogP contribution in [0.2, 0.25) is 0 Å². The SMILES string of the molecule is Cn1cccc1CC(=O)N/N=C/c1ccncc1. The first kappa shape index (κ1) is 12.0. The van der Waals surface area contributed by atoms with Crippen molar-refractivity contribution in [3.63, 3.8) is 0 Å². The van der Waals surface area contributed by atoms with Crippen LogP contribution in [-0.4, -0.2) is 21.7 Å². The number of hydrazone groups is 1. The van der Waals surface area contributed by atoms with Crippen molar-refractivity contribution in [3.05, 3.63) is 54.1 Å². The summed E-state index contributed by atoms with van der Waals surface area (Å²) in [6.07, 6.45) is 7.16. The standard InChI is InChI=1S/C13H14N4O/c1-17-8-2-3-12(17)9-13(18)16-15-10-11-4-6-14-7-5-11/h2-8,10H,9H2,1H3,(H,16,18)/b15-10+. The molecule has 0 atom stereocenters. The van der Waals surface area contributed by atoms with Crippen LogP contribution in [0.5, 0.6) is 0 Å². The number of aromatic nitrogens is 2. The molecule has 0 aliphatic heterocycles. The van der Waals surface area contributed by atoms with E-state index in [1.807, 2.05) is 42.1 Å². The molecule has 92 valence electrons. The van der Waals surface area contributed by atoms with Crippen molar-refractivity contribution in [1.29, 1.82) is 0 Å². The molecule has 5 heteroatoms. The van der Waals surface area contributed by atoms with Gasteiger partial charge in [-0.25, -0.2) is 5.43 Å². The van der Waals surface area contributed by atoms with Gasteiger partial charge in [-0.05, 0) is 29.8 Å².